The number of carbonyl (C=O) groups is 2. The normalized spacial score (nSPS) is 23.5. The van der Waals surface area contributed by atoms with Crippen molar-refractivity contribution in [3.63, 3.8) is 0 Å². The van der Waals surface area contributed by atoms with E-state index >= 15 is 0 Å². The Labute approximate surface area is 112 Å². The first kappa shape index (κ1) is 13.0. The molecule has 1 aromatic carbocycles. The van der Waals surface area contributed by atoms with Crippen LogP contribution in [0.3, 0.4) is 0 Å². The average molecular weight is 316 g/mol. The van der Waals surface area contributed by atoms with Gasteiger partial charge in [-0.25, -0.2) is 4.39 Å². The van der Waals surface area contributed by atoms with Gasteiger partial charge in [-0.2, -0.15) is 0 Å². The van der Waals surface area contributed by atoms with E-state index in [0.717, 1.165) is 0 Å². The van der Waals surface area contributed by atoms with E-state index in [1.54, 1.807) is 0 Å². The van der Waals surface area contributed by atoms with Crippen LogP contribution in [0.1, 0.15) is 18.0 Å². The number of nitrogens with zero attached hydrogens (tertiary/aromatic N) is 1. The summed E-state index contributed by atoms with van der Waals surface area (Å²) in [6, 6.07) is 3.42. The maximum atomic E-state index is 13.3. The highest BCUT2D eigenvalue weighted by molar-refractivity contribution is 9.10. The SMILES string of the molecule is CN1C(=O)CC(C(=O)O)C1c1cc(F)ccc1Br. The van der Waals surface area contributed by atoms with E-state index in [1.165, 1.54) is 30.1 Å². The molecule has 0 aliphatic carbocycles. The number of hydrogen-bond donors (Lipinski definition) is 1. The first-order valence-corrected chi connectivity index (χ1v) is 6.14. The van der Waals surface area contributed by atoms with E-state index in [9.17, 15) is 14.0 Å². The Morgan fingerprint density at radius 2 is 2.22 bits per heavy atom. The molecule has 2 rings (SSSR count). The zero-order valence-corrected chi connectivity index (χ0v) is 11.1. The monoisotopic (exact) mass is 315 g/mol. The molecule has 1 amide bonds. The zero-order chi connectivity index (χ0) is 13.4. The summed E-state index contributed by atoms with van der Waals surface area (Å²) < 4.78 is 13.9. The molecule has 96 valence electrons. The van der Waals surface area contributed by atoms with Crippen LogP contribution < -0.4 is 0 Å². The fourth-order valence-corrected chi connectivity index (χ4v) is 2.74. The molecule has 4 nitrogen and oxygen atoms in total. The van der Waals surface area contributed by atoms with Crippen molar-refractivity contribution >= 4 is 27.8 Å². The summed E-state index contributed by atoms with van der Waals surface area (Å²) in [6.45, 7) is 0. The highest BCUT2D eigenvalue weighted by Crippen LogP contribution is 2.40. The summed E-state index contributed by atoms with van der Waals surface area (Å²) in [5.41, 5.74) is 0.482. The van der Waals surface area contributed by atoms with Gasteiger partial charge in [0.2, 0.25) is 5.91 Å². The minimum Gasteiger partial charge on any atom is -0.481 e. The molecule has 2 atom stereocenters. The van der Waals surface area contributed by atoms with Crippen molar-refractivity contribution in [1.29, 1.82) is 0 Å². The lowest BCUT2D eigenvalue weighted by atomic mass is 9.94. The largest absolute Gasteiger partial charge is 0.481 e. The predicted octanol–water partition coefficient (Wildman–Crippen LogP) is 2.19. The standard InChI is InChI=1S/C12H11BrFNO3/c1-15-10(16)5-8(12(17)18)11(15)7-4-6(14)2-3-9(7)13/h2-4,8,11H,5H2,1H3,(H,17,18). The number of likely N-dealkylation sites (tertiary alicyclic amines) is 1. The van der Waals surface area contributed by atoms with Gasteiger partial charge < -0.3 is 10.0 Å². The minimum absolute atomic E-state index is 0.0561. The molecule has 0 spiro atoms. The number of aliphatic carboxylic acids is 1. The zero-order valence-electron chi connectivity index (χ0n) is 9.56. The van der Waals surface area contributed by atoms with Gasteiger partial charge >= 0.3 is 5.97 Å². The van der Waals surface area contributed by atoms with Crippen molar-refractivity contribution in [2.75, 3.05) is 7.05 Å². The molecule has 1 N–H and O–H groups in total. The Morgan fingerprint density at radius 3 is 2.83 bits per heavy atom. The van der Waals surface area contributed by atoms with Crippen LogP contribution in [0.5, 0.6) is 0 Å². The van der Waals surface area contributed by atoms with Crippen LogP contribution in [0, 0.1) is 11.7 Å². The third-order valence-corrected chi connectivity index (χ3v) is 3.90. The summed E-state index contributed by atoms with van der Waals surface area (Å²) >= 11 is 3.27. The molecule has 1 heterocycles. The van der Waals surface area contributed by atoms with Gasteiger partial charge in [-0.3, -0.25) is 9.59 Å². The van der Waals surface area contributed by atoms with Gasteiger partial charge in [-0.15, -0.1) is 0 Å². The van der Waals surface area contributed by atoms with Crippen molar-refractivity contribution < 1.29 is 19.1 Å². The molecule has 18 heavy (non-hydrogen) atoms. The Morgan fingerprint density at radius 1 is 1.56 bits per heavy atom. The number of hydrogen-bond acceptors (Lipinski definition) is 2. The topological polar surface area (TPSA) is 57.6 Å². The summed E-state index contributed by atoms with van der Waals surface area (Å²) in [6.07, 6.45) is -0.0561. The van der Waals surface area contributed by atoms with Crippen LogP contribution >= 0.6 is 15.9 Å². The van der Waals surface area contributed by atoms with Gasteiger partial charge in [0.05, 0.1) is 12.0 Å². The molecule has 1 aliphatic rings. The second-order valence-corrected chi connectivity index (χ2v) is 5.12. The predicted molar refractivity (Wildman–Crippen MR) is 65.4 cm³/mol. The molecule has 2 unspecified atom stereocenters. The van der Waals surface area contributed by atoms with Crippen LogP contribution in [0.4, 0.5) is 4.39 Å². The van der Waals surface area contributed by atoms with Crippen LogP contribution in [0.15, 0.2) is 22.7 Å². The van der Waals surface area contributed by atoms with Crippen molar-refractivity contribution in [3.05, 3.63) is 34.1 Å². The second-order valence-electron chi connectivity index (χ2n) is 4.26. The Kier molecular flexibility index (Phi) is 3.38. The van der Waals surface area contributed by atoms with E-state index in [-0.39, 0.29) is 12.3 Å². The van der Waals surface area contributed by atoms with E-state index in [0.29, 0.717) is 10.0 Å². The van der Waals surface area contributed by atoms with Crippen molar-refractivity contribution in [2.24, 2.45) is 5.92 Å². The molecule has 1 aliphatic heterocycles. The van der Waals surface area contributed by atoms with Gasteiger partial charge in [0.15, 0.2) is 0 Å². The van der Waals surface area contributed by atoms with E-state index in [4.69, 9.17) is 5.11 Å². The molecule has 1 aromatic rings. The number of halogens is 2. The number of amides is 1. The highest BCUT2D eigenvalue weighted by Gasteiger charge is 2.43. The number of carboxylic acids is 1. The van der Waals surface area contributed by atoms with Crippen LogP contribution in [-0.2, 0) is 9.59 Å². The lowest BCUT2D eigenvalue weighted by molar-refractivity contribution is -0.142. The first-order valence-electron chi connectivity index (χ1n) is 5.35. The maximum absolute atomic E-state index is 13.3. The van der Waals surface area contributed by atoms with Crippen molar-refractivity contribution in [2.45, 2.75) is 12.5 Å². The fraction of sp³-hybridized carbons (Fsp3) is 0.333. The smallest absolute Gasteiger partial charge is 0.309 e. The van der Waals surface area contributed by atoms with Gasteiger partial charge in [0.25, 0.3) is 0 Å². The number of rotatable bonds is 2. The summed E-state index contributed by atoms with van der Waals surface area (Å²) in [5.74, 6) is -2.59. The molecular weight excluding hydrogens is 305 g/mol. The summed E-state index contributed by atoms with van der Waals surface area (Å²) in [4.78, 5) is 24.2. The fourth-order valence-electron chi connectivity index (χ4n) is 2.26. The van der Waals surface area contributed by atoms with Crippen LogP contribution in [0.2, 0.25) is 0 Å². The molecule has 1 fully saturated rings. The Bertz CT molecular complexity index is 520. The van der Waals surface area contributed by atoms with E-state index in [1.807, 2.05) is 0 Å². The molecule has 0 bridgehead atoms. The third kappa shape index (κ3) is 2.12. The van der Waals surface area contributed by atoms with Crippen LogP contribution in [0.25, 0.3) is 0 Å². The van der Waals surface area contributed by atoms with Crippen molar-refractivity contribution in [1.82, 2.24) is 4.90 Å². The lowest BCUT2D eigenvalue weighted by Crippen LogP contribution is -2.27. The number of carboxylic acid groups (broad SMARTS) is 1. The Hall–Kier alpha value is -1.43. The maximum Gasteiger partial charge on any atom is 0.309 e. The average Bonchev–Trinajstić information content (AvgIpc) is 2.60. The molecule has 0 radical (unpaired) electrons. The molecule has 0 aromatic heterocycles. The van der Waals surface area contributed by atoms with Crippen LogP contribution in [-0.4, -0.2) is 28.9 Å². The number of benzene rings is 1. The number of carbonyl (C=O) groups excluding carboxylic acids is 1. The van der Waals surface area contributed by atoms with Gasteiger partial charge in [-0.05, 0) is 23.8 Å². The first-order chi connectivity index (χ1) is 8.41. The molecule has 6 heteroatoms. The quantitative estimate of drug-likeness (QED) is 0.910. The lowest BCUT2D eigenvalue weighted by Gasteiger charge is -2.24. The van der Waals surface area contributed by atoms with E-state index in [2.05, 4.69) is 15.9 Å². The third-order valence-electron chi connectivity index (χ3n) is 3.18. The van der Waals surface area contributed by atoms with Gasteiger partial charge in [0, 0.05) is 17.9 Å². The Balaban J connectivity index is 2.49. The van der Waals surface area contributed by atoms with Crippen molar-refractivity contribution in [3.8, 4) is 0 Å². The minimum atomic E-state index is -1.05. The summed E-state index contributed by atoms with van der Waals surface area (Å²) in [7, 11) is 1.54. The molecule has 1 saturated heterocycles. The van der Waals surface area contributed by atoms with Gasteiger partial charge in [-0.1, -0.05) is 15.9 Å². The second kappa shape index (κ2) is 4.68. The van der Waals surface area contributed by atoms with Gasteiger partial charge in [0.1, 0.15) is 5.82 Å². The highest BCUT2D eigenvalue weighted by atomic mass is 79.9. The molecule has 0 saturated carbocycles. The summed E-state index contributed by atoms with van der Waals surface area (Å²) in [5, 5.41) is 9.15. The van der Waals surface area contributed by atoms with E-state index < -0.39 is 23.7 Å². The molecular formula is C12H11BrFNO3.